The van der Waals surface area contributed by atoms with Crippen LogP contribution < -0.4 is 0 Å². The van der Waals surface area contributed by atoms with Gasteiger partial charge >= 0.3 is 5.97 Å². The molecule has 2 rings (SSSR count). The van der Waals surface area contributed by atoms with Crippen LogP contribution in [0.4, 0.5) is 4.39 Å². The van der Waals surface area contributed by atoms with Gasteiger partial charge in [0, 0.05) is 18.0 Å². The minimum absolute atomic E-state index is 0.258. The van der Waals surface area contributed by atoms with Crippen LogP contribution >= 0.6 is 0 Å². The minimum Gasteiger partial charge on any atom is -0.475 e. The second-order valence-electron chi connectivity index (χ2n) is 3.11. The molecule has 1 aromatic heterocycles. The Balaban J connectivity index is 2.34. The van der Waals surface area contributed by atoms with Crippen molar-refractivity contribution in [3.8, 4) is 11.1 Å². The molecule has 0 aliphatic heterocycles. The second kappa shape index (κ2) is 4.06. The quantitative estimate of drug-likeness (QED) is 0.837. The van der Waals surface area contributed by atoms with Crippen molar-refractivity contribution in [1.82, 2.24) is 9.97 Å². The summed E-state index contributed by atoms with van der Waals surface area (Å²) in [5.41, 5.74) is 1.38. The third kappa shape index (κ3) is 2.03. The molecule has 0 saturated carbocycles. The SMILES string of the molecule is O=C(O)c1ncc(-c2ccc(F)cc2)cn1. The highest BCUT2D eigenvalue weighted by atomic mass is 19.1. The summed E-state index contributed by atoms with van der Waals surface area (Å²) in [5.74, 6) is -1.76. The lowest BCUT2D eigenvalue weighted by Crippen LogP contribution is -2.03. The molecule has 0 fully saturated rings. The van der Waals surface area contributed by atoms with Crippen molar-refractivity contribution in [3.63, 3.8) is 0 Å². The Morgan fingerprint density at radius 3 is 2.12 bits per heavy atom. The highest BCUT2D eigenvalue weighted by Gasteiger charge is 2.06. The van der Waals surface area contributed by atoms with Crippen LogP contribution in [0.2, 0.25) is 0 Å². The van der Waals surface area contributed by atoms with Crippen LogP contribution in [0, 0.1) is 5.82 Å². The molecule has 0 atom stereocenters. The van der Waals surface area contributed by atoms with E-state index in [2.05, 4.69) is 9.97 Å². The van der Waals surface area contributed by atoms with Gasteiger partial charge in [-0.25, -0.2) is 19.2 Å². The van der Waals surface area contributed by atoms with Gasteiger partial charge in [0.1, 0.15) is 5.82 Å². The summed E-state index contributed by atoms with van der Waals surface area (Å²) < 4.78 is 12.7. The number of aromatic carboxylic acids is 1. The van der Waals surface area contributed by atoms with Gasteiger partial charge in [0.2, 0.25) is 5.82 Å². The van der Waals surface area contributed by atoms with Gasteiger partial charge in [-0.3, -0.25) is 0 Å². The molecule has 0 aliphatic rings. The molecule has 0 aliphatic carbocycles. The van der Waals surface area contributed by atoms with E-state index in [0.717, 1.165) is 5.56 Å². The monoisotopic (exact) mass is 218 g/mol. The van der Waals surface area contributed by atoms with Gasteiger partial charge in [-0.2, -0.15) is 0 Å². The number of hydrogen-bond donors (Lipinski definition) is 1. The first-order valence-electron chi connectivity index (χ1n) is 4.48. The van der Waals surface area contributed by atoms with E-state index in [1.807, 2.05) is 0 Å². The zero-order valence-corrected chi connectivity index (χ0v) is 8.09. The average molecular weight is 218 g/mol. The van der Waals surface area contributed by atoms with Crippen molar-refractivity contribution in [2.24, 2.45) is 0 Å². The molecule has 0 spiro atoms. The smallest absolute Gasteiger partial charge is 0.373 e. The lowest BCUT2D eigenvalue weighted by Gasteiger charge is -2.00. The maximum Gasteiger partial charge on any atom is 0.373 e. The molecule has 2 aromatic rings. The number of carbonyl (C=O) groups is 1. The number of benzene rings is 1. The zero-order valence-electron chi connectivity index (χ0n) is 8.09. The van der Waals surface area contributed by atoms with Crippen molar-refractivity contribution in [3.05, 3.63) is 48.3 Å². The van der Waals surface area contributed by atoms with E-state index >= 15 is 0 Å². The molecule has 1 aromatic carbocycles. The predicted molar refractivity (Wildman–Crippen MR) is 54.4 cm³/mol. The summed E-state index contributed by atoms with van der Waals surface area (Å²) in [7, 11) is 0. The third-order valence-electron chi connectivity index (χ3n) is 2.02. The van der Waals surface area contributed by atoms with E-state index in [0.29, 0.717) is 5.56 Å². The maximum atomic E-state index is 12.7. The summed E-state index contributed by atoms with van der Waals surface area (Å²) in [6, 6.07) is 5.80. The van der Waals surface area contributed by atoms with Gasteiger partial charge in [-0.15, -0.1) is 0 Å². The van der Waals surface area contributed by atoms with Crippen molar-refractivity contribution in [1.29, 1.82) is 0 Å². The van der Waals surface area contributed by atoms with Gasteiger partial charge < -0.3 is 5.11 Å². The van der Waals surface area contributed by atoms with Gasteiger partial charge in [0.05, 0.1) is 0 Å². The van der Waals surface area contributed by atoms with E-state index in [9.17, 15) is 9.18 Å². The molecule has 0 unspecified atom stereocenters. The number of halogens is 1. The van der Waals surface area contributed by atoms with E-state index in [1.54, 1.807) is 12.1 Å². The normalized spacial score (nSPS) is 10.1. The first-order chi connectivity index (χ1) is 7.66. The zero-order chi connectivity index (χ0) is 11.5. The average Bonchev–Trinajstić information content (AvgIpc) is 2.30. The highest BCUT2D eigenvalue weighted by Crippen LogP contribution is 2.17. The number of hydrogen-bond acceptors (Lipinski definition) is 3. The molecular formula is C11H7FN2O2. The molecule has 0 bridgehead atoms. The van der Waals surface area contributed by atoms with Crippen LogP contribution in [0.25, 0.3) is 11.1 Å². The van der Waals surface area contributed by atoms with E-state index < -0.39 is 5.97 Å². The Morgan fingerprint density at radius 2 is 1.62 bits per heavy atom. The Bertz CT molecular complexity index is 509. The molecule has 5 heteroatoms. The van der Waals surface area contributed by atoms with Crippen LogP contribution in [-0.2, 0) is 0 Å². The standard InChI is InChI=1S/C11H7FN2O2/c12-9-3-1-7(2-4-9)8-5-13-10(11(15)16)14-6-8/h1-6H,(H,15,16). The van der Waals surface area contributed by atoms with E-state index in [-0.39, 0.29) is 11.6 Å². The minimum atomic E-state index is -1.18. The topological polar surface area (TPSA) is 63.1 Å². The lowest BCUT2D eigenvalue weighted by molar-refractivity contribution is 0.0683. The molecular weight excluding hydrogens is 211 g/mol. The Labute approximate surface area is 90.4 Å². The van der Waals surface area contributed by atoms with Crippen molar-refractivity contribution in [2.75, 3.05) is 0 Å². The number of aromatic nitrogens is 2. The molecule has 4 nitrogen and oxygen atoms in total. The fourth-order valence-electron chi connectivity index (χ4n) is 1.23. The van der Waals surface area contributed by atoms with Crippen LogP contribution in [0.15, 0.2) is 36.7 Å². The highest BCUT2D eigenvalue weighted by molar-refractivity contribution is 5.83. The van der Waals surface area contributed by atoms with Crippen molar-refractivity contribution >= 4 is 5.97 Å². The van der Waals surface area contributed by atoms with Crippen LogP contribution in [0.1, 0.15) is 10.6 Å². The molecule has 1 heterocycles. The van der Waals surface area contributed by atoms with Crippen LogP contribution in [-0.4, -0.2) is 21.0 Å². The number of carboxylic acid groups (broad SMARTS) is 1. The van der Waals surface area contributed by atoms with Crippen LogP contribution in [0.5, 0.6) is 0 Å². The summed E-state index contributed by atoms with van der Waals surface area (Å²) in [6.45, 7) is 0. The van der Waals surface area contributed by atoms with Gasteiger partial charge in [0.25, 0.3) is 0 Å². The van der Waals surface area contributed by atoms with Crippen LogP contribution in [0.3, 0.4) is 0 Å². The summed E-state index contributed by atoms with van der Waals surface area (Å²) in [4.78, 5) is 17.9. The molecule has 16 heavy (non-hydrogen) atoms. The van der Waals surface area contributed by atoms with E-state index in [1.165, 1.54) is 24.5 Å². The molecule has 1 N–H and O–H groups in total. The van der Waals surface area contributed by atoms with Gasteiger partial charge in [0.15, 0.2) is 0 Å². The fraction of sp³-hybridized carbons (Fsp3) is 0. The number of rotatable bonds is 2. The molecule has 0 saturated heterocycles. The number of carboxylic acids is 1. The summed E-state index contributed by atoms with van der Waals surface area (Å²) >= 11 is 0. The predicted octanol–water partition coefficient (Wildman–Crippen LogP) is 1.98. The van der Waals surface area contributed by atoms with Crippen molar-refractivity contribution < 1.29 is 14.3 Å². The second-order valence-corrected chi connectivity index (χ2v) is 3.11. The molecule has 80 valence electrons. The fourth-order valence-corrected chi connectivity index (χ4v) is 1.23. The first-order valence-corrected chi connectivity index (χ1v) is 4.48. The Kier molecular flexibility index (Phi) is 2.59. The first kappa shape index (κ1) is 10.2. The maximum absolute atomic E-state index is 12.7. The Morgan fingerprint density at radius 1 is 1.06 bits per heavy atom. The largest absolute Gasteiger partial charge is 0.475 e. The molecule has 0 amide bonds. The summed E-state index contributed by atoms with van der Waals surface area (Å²) in [5, 5.41) is 8.61. The van der Waals surface area contributed by atoms with Crippen molar-refractivity contribution in [2.45, 2.75) is 0 Å². The summed E-state index contributed by atoms with van der Waals surface area (Å²) in [6.07, 6.45) is 2.79. The van der Waals surface area contributed by atoms with Gasteiger partial charge in [-0.1, -0.05) is 12.1 Å². The van der Waals surface area contributed by atoms with E-state index in [4.69, 9.17) is 5.11 Å². The Hall–Kier alpha value is -2.30. The lowest BCUT2D eigenvalue weighted by atomic mass is 10.1. The molecule has 0 radical (unpaired) electrons. The number of nitrogens with zero attached hydrogens (tertiary/aromatic N) is 2. The van der Waals surface area contributed by atoms with Gasteiger partial charge in [-0.05, 0) is 17.7 Å². The third-order valence-corrected chi connectivity index (χ3v) is 2.02.